The second-order valence-corrected chi connectivity index (χ2v) is 8.46. The van der Waals surface area contributed by atoms with Crippen molar-refractivity contribution in [1.29, 1.82) is 0 Å². The van der Waals surface area contributed by atoms with E-state index in [9.17, 15) is 14.4 Å². The Labute approximate surface area is 164 Å². The molecule has 0 aromatic heterocycles. The first kappa shape index (κ1) is 17.8. The van der Waals surface area contributed by atoms with E-state index in [1.165, 1.54) is 6.42 Å². The summed E-state index contributed by atoms with van der Waals surface area (Å²) in [6.45, 7) is 4.49. The van der Waals surface area contributed by atoms with Gasteiger partial charge in [-0.15, -0.1) is 0 Å². The zero-order chi connectivity index (χ0) is 19.3. The average Bonchev–Trinajstić information content (AvgIpc) is 3.29. The van der Waals surface area contributed by atoms with Gasteiger partial charge >= 0.3 is 0 Å². The number of imide groups is 1. The molecule has 1 aromatic carbocycles. The van der Waals surface area contributed by atoms with Gasteiger partial charge in [0.1, 0.15) is 6.04 Å². The van der Waals surface area contributed by atoms with E-state index >= 15 is 0 Å². The van der Waals surface area contributed by atoms with Crippen molar-refractivity contribution < 1.29 is 14.4 Å². The summed E-state index contributed by atoms with van der Waals surface area (Å²) in [7, 11) is 0. The molecular weight excluding hydrogens is 356 g/mol. The molecule has 4 aliphatic rings. The normalized spacial score (nSPS) is 31.4. The van der Waals surface area contributed by atoms with Crippen molar-refractivity contribution in [1.82, 2.24) is 20.9 Å². The number of amides is 3. The van der Waals surface area contributed by atoms with Gasteiger partial charge in [-0.25, -0.2) is 0 Å². The Kier molecular flexibility index (Phi) is 4.44. The first-order valence-corrected chi connectivity index (χ1v) is 10.3. The van der Waals surface area contributed by atoms with Crippen molar-refractivity contribution in [3.63, 3.8) is 0 Å². The lowest BCUT2D eigenvalue weighted by Crippen LogP contribution is -2.52. The Morgan fingerprint density at radius 1 is 1.14 bits per heavy atom. The van der Waals surface area contributed by atoms with Crippen LogP contribution in [0.2, 0.25) is 0 Å². The van der Waals surface area contributed by atoms with Gasteiger partial charge in [0.05, 0.1) is 0 Å². The lowest BCUT2D eigenvalue weighted by Gasteiger charge is -2.29. The molecule has 3 aliphatic heterocycles. The first-order valence-electron chi connectivity index (χ1n) is 10.3. The minimum absolute atomic E-state index is 0.106. The van der Waals surface area contributed by atoms with Crippen LogP contribution in [0, 0.1) is 17.8 Å². The predicted molar refractivity (Wildman–Crippen MR) is 102 cm³/mol. The minimum Gasteiger partial charge on any atom is -0.322 e. The van der Waals surface area contributed by atoms with E-state index < -0.39 is 6.04 Å². The Morgan fingerprint density at radius 3 is 2.82 bits per heavy atom. The number of hydrogen-bond donors (Lipinski definition) is 3. The van der Waals surface area contributed by atoms with Crippen LogP contribution in [0.5, 0.6) is 0 Å². The van der Waals surface area contributed by atoms with E-state index in [0.717, 1.165) is 55.1 Å². The van der Waals surface area contributed by atoms with Gasteiger partial charge in [-0.1, -0.05) is 12.1 Å². The second kappa shape index (κ2) is 6.97. The zero-order valence-corrected chi connectivity index (χ0v) is 15.9. The molecule has 7 nitrogen and oxygen atoms in total. The smallest absolute Gasteiger partial charge is 0.255 e. The summed E-state index contributed by atoms with van der Waals surface area (Å²) >= 11 is 0. The fourth-order valence-electron chi connectivity index (χ4n) is 5.28. The van der Waals surface area contributed by atoms with Gasteiger partial charge in [0.2, 0.25) is 11.8 Å². The molecule has 4 unspecified atom stereocenters. The maximum absolute atomic E-state index is 12.9. The Hall–Kier alpha value is -2.25. The third kappa shape index (κ3) is 3.02. The van der Waals surface area contributed by atoms with Crippen molar-refractivity contribution in [2.24, 2.45) is 17.8 Å². The third-order valence-electron chi connectivity index (χ3n) is 6.92. The third-order valence-corrected chi connectivity index (χ3v) is 6.92. The molecule has 1 aromatic rings. The molecule has 1 aliphatic carbocycles. The van der Waals surface area contributed by atoms with Crippen LogP contribution in [-0.2, 0) is 22.7 Å². The molecule has 3 heterocycles. The topological polar surface area (TPSA) is 90.5 Å². The van der Waals surface area contributed by atoms with Crippen LogP contribution >= 0.6 is 0 Å². The summed E-state index contributed by atoms with van der Waals surface area (Å²) in [4.78, 5) is 38.1. The Bertz CT molecular complexity index is 827. The highest BCUT2D eigenvalue weighted by atomic mass is 16.2. The maximum Gasteiger partial charge on any atom is 0.255 e. The summed E-state index contributed by atoms with van der Waals surface area (Å²) in [6, 6.07) is 5.27. The molecule has 3 N–H and O–H groups in total. The van der Waals surface area contributed by atoms with E-state index in [1.807, 2.05) is 12.1 Å². The van der Waals surface area contributed by atoms with Crippen LogP contribution < -0.4 is 16.0 Å². The molecule has 7 heteroatoms. The lowest BCUT2D eigenvalue weighted by atomic mass is 10.0. The molecule has 5 rings (SSSR count). The number of benzene rings is 1. The minimum atomic E-state index is -0.555. The lowest BCUT2D eigenvalue weighted by molar-refractivity contribution is -0.136. The van der Waals surface area contributed by atoms with Crippen molar-refractivity contribution >= 4 is 17.7 Å². The van der Waals surface area contributed by atoms with Gasteiger partial charge in [0, 0.05) is 25.1 Å². The summed E-state index contributed by atoms with van der Waals surface area (Å²) in [5.74, 6) is 1.75. The summed E-state index contributed by atoms with van der Waals surface area (Å²) in [6.07, 6.45) is 1.97. The van der Waals surface area contributed by atoms with Crippen molar-refractivity contribution in [3.8, 4) is 0 Å². The standard InChI is InChI=1S/C21H26N4O3/c26-19-5-4-18(20(27)24-19)25-11-17-12(2-1-3-14(17)21(25)28)8-23-10-16-13-6-7-22-9-15(13)16/h1-3,13,15-16,18,22-23H,4-11H2,(H,24,26,27). The highest BCUT2D eigenvalue weighted by Gasteiger charge is 2.50. The fraction of sp³-hybridized carbons (Fsp3) is 0.571. The molecular formula is C21H26N4O3. The van der Waals surface area contributed by atoms with Gasteiger partial charge < -0.3 is 15.5 Å². The number of carbonyl (C=O) groups is 3. The first-order chi connectivity index (χ1) is 13.6. The SMILES string of the molecule is O=C1CCC(N2Cc3c(CNCC4C5CCNCC54)cccc3C2=O)C(=O)N1. The number of fused-ring (bicyclic) bond motifs is 2. The number of hydrogen-bond acceptors (Lipinski definition) is 5. The van der Waals surface area contributed by atoms with Crippen LogP contribution in [0.3, 0.4) is 0 Å². The molecule has 1 saturated carbocycles. The monoisotopic (exact) mass is 382 g/mol. The van der Waals surface area contributed by atoms with Crippen LogP contribution in [0.25, 0.3) is 0 Å². The van der Waals surface area contributed by atoms with E-state index in [2.05, 4.69) is 22.0 Å². The average molecular weight is 382 g/mol. The van der Waals surface area contributed by atoms with Gasteiger partial charge in [0.25, 0.3) is 5.91 Å². The molecule has 0 radical (unpaired) electrons. The van der Waals surface area contributed by atoms with Crippen LogP contribution in [-0.4, -0.2) is 48.3 Å². The summed E-state index contributed by atoms with van der Waals surface area (Å²) in [5, 5.41) is 9.42. The number of nitrogens with zero attached hydrogens (tertiary/aromatic N) is 1. The number of piperidine rings is 2. The molecule has 148 valence electrons. The predicted octanol–water partition coefficient (Wildman–Crippen LogP) is 0.393. The maximum atomic E-state index is 12.9. The van der Waals surface area contributed by atoms with E-state index in [1.54, 1.807) is 4.90 Å². The highest BCUT2D eigenvalue weighted by Crippen LogP contribution is 2.49. The zero-order valence-electron chi connectivity index (χ0n) is 15.9. The molecule has 4 atom stereocenters. The van der Waals surface area contributed by atoms with Gasteiger partial charge in [-0.2, -0.15) is 0 Å². The Balaban J connectivity index is 1.24. The molecule has 3 amide bonds. The molecule has 0 bridgehead atoms. The molecule has 2 saturated heterocycles. The number of carbonyl (C=O) groups excluding carboxylic acids is 3. The molecule has 28 heavy (non-hydrogen) atoms. The van der Waals surface area contributed by atoms with Crippen molar-refractivity contribution in [3.05, 3.63) is 34.9 Å². The fourth-order valence-corrected chi connectivity index (χ4v) is 5.28. The number of rotatable bonds is 5. The van der Waals surface area contributed by atoms with Crippen LogP contribution in [0.15, 0.2) is 18.2 Å². The van der Waals surface area contributed by atoms with E-state index in [0.29, 0.717) is 18.5 Å². The summed E-state index contributed by atoms with van der Waals surface area (Å²) in [5.41, 5.74) is 2.83. The van der Waals surface area contributed by atoms with Crippen molar-refractivity contribution in [2.75, 3.05) is 19.6 Å². The highest BCUT2D eigenvalue weighted by molar-refractivity contribution is 6.05. The van der Waals surface area contributed by atoms with Crippen LogP contribution in [0.4, 0.5) is 0 Å². The summed E-state index contributed by atoms with van der Waals surface area (Å²) < 4.78 is 0. The second-order valence-electron chi connectivity index (χ2n) is 8.46. The Morgan fingerprint density at radius 2 is 2.04 bits per heavy atom. The van der Waals surface area contributed by atoms with E-state index in [4.69, 9.17) is 0 Å². The van der Waals surface area contributed by atoms with Crippen LogP contribution in [0.1, 0.15) is 40.7 Å². The quantitative estimate of drug-likeness (QED) is 0.641. The van der Waals surface area contributed by atoms with Gasteiger partial charge in [0.15, 0.2) is 0 Å². The molecule has 0 spiro atoms. The largest absolute Gasteiger partial charge is 0.322 e. The van der Waals surface area contributed by atoms with Crippen molar-refractivity contribution in [2.45, 2.75) is 38.4 Å². The van der Waals surface area contributed by atoms with E-state index in [-0.39, 0.29) is 24.1 Å². The number of nitrogens with one attached hydrogen (secondary N) is 3. The van der Waals surface area contributed by atoms with Gasteiger partial charge in [-0.05, 0) is 67.4 Å². The van der Waals surface area contributed by atoms with Gasteiger partial charge in [-0.3, -0.25) is 19.7 Å². The molecule has 3 fully saturated rings.